The van der Waals surface area contributed by atoms with Crippen molar-refractivity contribution in [2.75, 3.05) is 4.90 Å². The molecule has 0 saturated carbocycles. The number of nitrogens with zero attached hydrogens (tertiary/aromatic N) is 1. The van der Waals surface area contributed by atoms with E-state index < -0.39 is 17.0 Å². The zero-order valence-corrected chi connectivity index (χ0v) is 24.8. The first-order valence-corrected chi connectivity index (χ1v) is 15.5. The minimum atomic E-state index is -0.596. The fraction of sp³-hybridized carbons (Fsp3) is 0.0233. The summed E-state index contributed by atoms with van der Waals surface area (Å²) in [6.07, 6.45) is 0. The number of fused-ring (bicyclic) bond motifs is 10. The third-order valence-corrected chi connectivity index (χ3v) is 9.55. The van der Waals surface area contributed by atoms with Gasteiger partial charge in [-0.05, 0) is 104 Å². The molecule has 218 valence electrons. The topological polar surface area (TPSA) is 3.24 Å². The Labute approximate surface area is 266 Å². The lowest BCUT2D eigenvalue weighted by molar-refractivity contribution is 0.584. The van der Waals surface area contributed by atoms with Crippen molar-refractivity contribution in [3.63, 3.8) is 0 Å². The van der Waals surface area contributed by atoms with Crippen molar-refractivity contribution < 1.29 is 8.78 Å². The lowest BCUT2D eigenvalue weighted by Gasteiger charge is -2.32. The lowest BCUT2D eigenvalue weighted by atomic mass is 9.70. The van der Waals surface area contributed by atoms with Crippen molar-refractivity contribution in [3.05, 3.63) is 198 Å². The highest BCUT2D eigenvalue weighted by Gasteiger charge is 2.51. The van der Waals surface area contributed by atoms with Crippen LogP contribution in [-0.4, -0.2) is 0 Å². The second kappa shape index (κ2) is 10.1. The number of rotatable bonds is 4. The number of hydrogen-bond acceptors (Lipinski definition) is 1. The van der Waals surface area contributed by atoms with Gasteiger partial charge in [0.2, 0.25) is 0 Å². The third-order valence-electron chi connectivity index (χ3n) is 9.55. The summed E-state index contributed by atoms with van der Waals surface area (Å²) in [6.45, 7) is 0. The molecule has 9 rings (SSSR count). The van der Waals surface area contributed by atoms with Crippen LogP contribution in [0.3, 0.4) is 0 Å². The van der Waals surface area contributed by atoms with Crippen molar-refractivity contribution in [1.82, 2.24) is 0 Å². The fourth-order valence-electron chi connectivity index (χ4n) is 7.79. The van der Waals surface area contributed by atoms with Crippen molar-refractivity contribution in [2.24, 2.45) is 0 Å². The smallest absolute Gasteiger partial charge is 0.126 e. The lowest BCUT2D eigenvalue weighted by Crippen LogP contribution is -2.26. The van der Waals surface area contributed by atoms with Gasteiger partial charge in [0.25, 0.3) is 0 Å². The Morgan fingerprint density at radius 1 is 0.348 bits per heavy atom. The Morgan fingerprint density at radius 3 is 1.46 bits per heavy atom. The first-order valence-electron chi connectivity index (χ1n) is 15.5. The predicted molar refractivity (Wildman–Crippen MR) is 183 cm³/mol. The Balaban J connectivity index is 1.30. The molecular formula is C43H27F2N. The van der Waals surface area contributed by atoms with E-state index in [4.69, 9.17) is 0 Å². The van der Waals surface area contributed by atoms with Crippen LogP contribution in [0.25, 0.3) is 33.4 Å². The molecule has 0 aromatic heterocycles. The molecule has 2 aliphatic rings. The van der Waals surface area contributed by atoms with Gasteiger partial charge in [0.05, 0.1) is 5.41 Å². The zero-order chi connectivity index (χ0) is 30.8. The van der Waals surface area contributed by atoms with Gasteiger partial charge >= 0.3 is 0 Å². The minimum absolute atomic E-state index is 0.460. The molecule has 0 heterocycles. The van der Waals surface area contributed by atoms with Gasteiger partial charge in [0, 0.05) is 23.1 Å². The van der Waals surface area contributed by atoms with Crippen molar-refractivity contribution in [2.45, 2.75) is 5.41 Å². The summed E-state index contributed by atoms with van der Waals surface area (Å²) >= 11 is 0. The van der Waals surface area contributed by atoms with Crippen molar-refractivity contribution in [3.8, 4) is 33.4 Å². The molecule has 1 spiro atoms. The van der Waals surface area contributed by atoms with Crippen LogP contribution in [0.2, 0.25) is 0 Å². The zero-order valence-electron chi connectivity index (χ0n) is 24.8. The maximum absolute atomic E-state index is 14.2. The van der Waals surface area contributed by atoms with Gasteiger partial charge in [0.1, 0.15) is 11.6 Å². The van der Waals surface area contributed by atoms with Crippen LogP contribution >= 0.6 is 0 Å². The van der Waals surface area contributed by atoms with E-state index in [0.717, 1.165) is 28.7 Å². The molecule has 7 aromatic rings. The molecule has 0 N–H and O–H groups in total. The molecule has 0 radical (unpaired) electrons. The maximum atomic E-state index is 14.2. The Morgan fingerprint density at radius 2 is 0.848 bits per heavy atom. The number of benzene rings is 7. The third kappa shape index (κ3) is 3.78. The van der Waals surface area contributed by atoms with Crippen LogP contribution in [-0.2, 0) is 5.41 Å². The van der Waals surface area contributed by atoms with E-state index in [1.54, 1.807) is 0 Å². The van der Waals surface area contributed by atoms with Gasteiger partial charge in [-0.3, -0.25) is 0 Å². The van der Waals surface area contributed by atoms with Gasteiger partial charge in [-0.2, -0.15) is 0 Å². The highest BCUT2D eigenvalue weighted by atomic mass is 19.1. The van der Waals surface area contributed by atoms with E-state index in [1.165, 1.54) is 56.6 Å². The number of para-hydroxylation sites is 1. The largest absolute Gasteiger partial charge is 0.310 e. The highest BCUT2D eigenvalue weighted by Crippen LogP contribution is 2.63. The molecule has 0 aliphatic heterocycles. The number of halogens is 2. The van der Waals surface area contributed by atoms with E-state index in [0.29, 0.717) is 5.56 Å². The van der Waals surface area contributed by atoms with E-state index in [9.17, 15) is 8.78 Å². The van der Waals surface area contributed by atoms with Gasteiger partial charge in [-0.1, -0.05) is 109 Å². The first kappa shape index (κ1) is 26.6. The summed E-state index contributed by atoms with van der Waals surface area (Å²) in [4.78, 5) is 2.23. The van der Waals surface area contributed by atoms with E-state index in [1.807, 2.05) is 42.5 Å². The molecule has 0 atom stereocenters. The highest BCUT2D eigenvalue weighted by molar-refractivity contribution is 5.96. The standard InChI is InChI=1S/C43H27F2N/c44-30-23-29(24-31(45)26-30)28-11-10-14-33(25-28)46(32-12-2-1-3-13-32)34-21-22-38-37-17-6-9-20-41(37)43(42(38)27-34)39-18-7-4-15-35(39)36-16-5-8-19-40(36)43/h1-27H. The van der Waals surface area contributed by atoms with Crippen molar-refractivity contribution >= 4 is 17.1 Å². The summed E-state index contributed by atoms with van der Waals surface area (Å²) in [5.41, 5.74) is 13.8. The molecule has 7 aromatic carbocycles. The summed E-state index contributed by atoms with van der Waals surface area (Å²) in [6, 6.07) is 54.9. The monoisotopic (exact) mass is 595 g/mol. The van der Waals surface area contributed by atoms with Crippen LogP contribution in [0.4, 0.5) is 25.8 Å². The van der Waals surface area contributed by atoms with Crippen molar-refractivity contribution in [1.29, 1.82) is 0 Å². The number of anilines is 3. The SMILES string of the molecule is Fc1cc(F)cc(-c2cccc(N(c3ccccc3)c3ccc4c(c3)C3(c5ccccc5-c5ccccc53)c3ccccc3-4)c2)c1. The van der Waals surface area contributed by atoms with Gasteiger partial charge in [0.15, 0.2) is 0 Å². The molecule has 0 saturated heterocycles. The molecule has 0 bridgehead atoms. The fourth-order valence-corrected chi connectivity index (χ4v) is 7.79. The first-order chi connectivity index (χ1) is 22.6. The molecule has 1 nitrogen and oxygen atoms in total. The average Bonchev–Trinajstić information content (AvgIpc) is 3.56. The Hall–Kier alpha value is -5.80. The van der Waals surface area contributed by atoms with E-state index in [2.05, 4.69) is 108 Å². The van der Waals surface area contributed by atoms with Crippen LogP contribution in [0, 0.1) is 11.6 Å². The van der Waals surface area contributed by atoms with Gasteiger partial charge in [-0.15, -0.1) is 0 Å². The predicted octanol–water partition coefficient (Wildman–Crippen LogP) is 11.4. The second-order valence-corrected chi connectivity index (χ2v) is 12.0. The molecule has 0 amide bonds. The number of hydrogen-bond donors (Lipinski definition) is 0. The molecule has 0 fully saturated rings. The van der Waals surface area contributed by atoms with Crippen LogP contribution in [0.15, 0.2) is 164 Å². The molecular weight excluding hydrogens is 568 g/mol. The van der Waals surface area contributed by atoms with Crippen LogP contribution in [0.1, 0.15) is 22.3 Å². The summed E-state index contributed by atoms with van der Waals surface area (Å²) in [7, 11) is 0. The summed E-state index contributed by atoms with van der Waals surface area (Å²) in [5, 5.41) is 0. The Bertz CT molecular complexity index is 2220. The molecule has 2 aliphatic carbocycles. The molecule has 46 heavy (non-hydrogen) atoms. The van der Waals surface area contributed by atoms with E-state index >= 15 is 0 Å². The minimum Gasteiger partial charge on any atom is -0.310 e. The van der Waals surface area contributed by atoms with Gasteiger partial charge in [-0.25, -0.2) is 8.78 Å². The van der Waals surface area contributed by atoms with Crippen LogP contribution < -0.4 is 4.90 Å². The molecule has 0 unspecified atom stereocenters. The average molecular weight is 596 g/mol. The van der Waals surface area contributed by atoms with E-state index in [-0.39, 0.29) is 0 Å². The van der Waals surface area contributed by atoms with Crippen LogP contribution in [0.5, 0.6) is 0 Å². The summed E-state index contributed by atoms with van der Waals surface area (Å²) < 4.78 is 28.5. The molecule has 3 heteroatoms. The Kier molecular flexibility index (Phi) is 5.85. The second-order valence-electron chi connectivity index (χ2n) is 12.0. The summed E-state index contributed by atoms with van der Waals surface area (Å²) in [5.74, 6) is -1.19. The quantitative estimate of drug-likeness (QED) is 0.196. The normalized spacial score (nSPS) is 13.2. The van der Waals surface area contributed by atoms with Gasteiger partial charge < -0.3 is 4.90 Å². The maximum Gasteiger partial charge on any atom is 0.126 e.